The maximum atomic E-state index is 13.3. The molecule has 2 aromatic rings. The fraction of sp³-hybridized carbons (Fsp3) is 0.200. The van der Waals surface area contributed by atoms with E-state index in [0.717, 1.165) is 28.6 Å². The zero-order chi connectivity index (χ0) is 14.3. The number of hydrogen-bond donors (Lipinski definition) is 1. The first-order chi connectivity index (χ1) is 9.56. The summed E-state index contributed by atoms with van der Waals surface area (Å²) in [6.45, 7) is 0.559. The molecule has 3 rings (SSSR count). The van der Waals surface area contributed by atoms with Gasteiger partial charge in [-0.25, -0.2) is 8.78 Å². The Morgan fingerprint density at radius 3 is 2.70 bits per heavy atom. The summed E-state index contributed by atoms with van der Waals surface area (Å²) < 4.78 is 32.6. The van der Waals surface area contributed by atoms with Gasteiger partial charge in [-0.05, 0) is 35.4 Å². The van der Waals surface area contributed by atoms with Crippen LogP contribution in [0, 0.1) is 11.6 Å². The van der Waals surface area contributed by atoms with Gasteiger partial charge in [0.15, 0.2) is 11.6 Å². The monoisotopic (exact) mass is 340 g/mol. The summed E-state index contributed by atoms with van der Waals surface area (Å²) in [5.41, 5.74) is 1.84. The first-order valence-electron chi connectivity index (χ1n) is 6.14. The Bertz CT molecular complexity index is 673. The van der Waals surface area contributed by atoms with E-state index in [9.17, 15) is 13.9 Å². The molecule has 2 nitrogen and oxygen atoms in total. The lowest BCUT2D eigenvalue weighted by atomic mass is 9.98. The van der Waals surface area contributed by atoms with Gasteiger partial charge in [0, 0.05) is 16.5 Å². The van der Waals surface area contributed by atoms with E-state index in [1.165, 1.54) is 6.07 Å². The highest BCUT2D eigenvalue weighted by molar-refractivity contribution is 9.10. The van der Waals surface area contributed by atoms with E-state index >= 15 is 0 Å². The maximum absolute atomic E-state index is 13.3. The molecule has 1 N–H and O–H groups in total. The van der Waals surface area contributed by atoms with Gasteiger partial charge in [-0.3, -0.25) is 0 Å². The van der Waals surface area contributed by atoms with Crippen molar-refractivity contribution in [2.45, 2.75) is 12.5 Å². The van der Waals surface area contributed by atoms with Crippen molar-refractivity contribution in [3.8, 4) is 5.75 Å². The van der Waals surface area contributed by atoms with Gasteiger partial charge >= 0.3 is 0 Å². The minimum absolute atomic E-state index is 0.291. The van der Waals surface area contributed by atoms with Gasteiger partial charge in [-0.1, -0.05) is 22.0 Å². The Hall–Kier alpha value is -1.46. The highest BCUT2D eigenvalue weighted by Gasteiger charge is 2.23. The third-order valence-corrected chi connectivity index (χ3v) is 3.79. The van der Waals surface area contributed by atoms with Crippen molar-refractivity contribution in [3.63, 3.8) is 0 Å². The number of rotatable bonds is 2. The number of hydrogen-bond acceptors (Lipinski definition) is 2. The second-order valence-corrected chi connectivity index (χ2v) is 5.57. The van der Waals surface area contributed by atoms with E-state index in [4.69, 9.17) is 4.74 Å². The molecule has 1 unspecified atom stereocenters. The lowest BCUT2D eigenvalue weighted by molar-refractivity contribution is 0.213. The molecule has 1 aliphatic rings. The Morgan fingerprint density at radius 2 is 1.95 bits per heavy atom. The van der Waals surface area contributed by atoms with Gasteiger partial charge < -0.3 is 9.84 Å². The highest BCUT2D eigenvalue weighted by atomic mass is 79.9. The summed E-state index contributed by atoms with van der Waals surface area (Å²) >= 11 is 3.38. The molecule has 1 heterocycles. The average molecular weight is 341 g/mol. The van der Waals surface area contributed by atoms with Crippen LogP contribution in [0.15, 0.2) is 34.8 Å². The van der Waals surface area contributed by atoms with Crippen LogP contribution in [-0.2, 0) is 6.42 Å². The summed E-state index contributed by atoms with van der Waals surface area (Å²) in [4.78, 5) is 0. The van der Waals surface area contributed by atoms with Gasteiger partial charge in [-0.15, -0.1) is 0 Å². The Morgan fingerprint density at radius 1 is 1.15 bits per heavy atom. The fourth-order valence-corrected chi connectivity index (χ4v) is 2.89. The third kappa shape index (κ3) is 2.31. The molecule has 104 valence electrons. The molecule has 0 aliphatic carbocycles. The van der Waals surface area contributed by atoms with E-state index in [-0.39, 0.29) is 0 Å². The molecular weight excluding hydrogens is 330 g/mol. The van der Waals surface area contributed by atoms with Crippen molar-refractivity contribution >= 4 is 15.9 Å². The van der Waals surface area contributed by atoms with Crippen LogP contribution in [0.4, 0.5) is 8.78 Å². The van der Waals surface area contributed by atoms with Crippen LogP contribution in [0.3, 0.4) is 0 Å². The number of aliphatic hydroxyl groups excluding tert-OH is 1. The summed E-state index contributed by atoms with van der Waals surface area (Å²) in [5, 5.41) is 10.4. The van der Waals surface area contributed by atoms with E-state index in [1.807, 2.05) is 6.07 Å². The van der Waals surface area contributed by atoms with Gasteiger partial charge in [-0.2, -0.15) is 0 Å². The molecule has 20 heavy (non-hydrogen) atoms. The largest absolute Gasteiger partial charge is 0.493 e. The molecule has 0 fully saturated rings. The van der Waals surface area contributed by atoms with Crippen LogP contribution < -0.4 is 4.74 Å². The second-order valence-electron chi connectivity index (χ2n) is 4.66. The lowest BCUT2D eigenvalue weighted by Crippen LogP contribution is -2.03. The molecule has 0 spiro atoms. The summed E-state index contributed by atoms with van der Waals surface area (Å²) in [6.07, 6.45) is -0.291. The highest BCUT2D eigenvalue weighted by Crippen LogP contribution is 2.38. The molecule has 1 aliphatic heterocycles. The molecule has 0 aromatic heterocycles. The minimum atomic E-state index is -1.06. The SMILES string of the molecule is OC(c1ccc(F)c(F)c1)c1cc(Br)cc2c1OCC2. The van der Waals surface area contributed by atoms with Crippen LogP contribution in [0.5, 0.6) is 5.75 Å². The molecule has 0 saturated carbocycles. The molecule has 0 bridgehead atoms. The van der Waals surface area contributed by atoms with Crippen molar-refractivity contribution in [1.82, 2.24) is 0 Å². The summed E-state index contributed by atoms with van der Waals surface area (Å²) in [6, 6.07) is 7.04. The number of ether oxygens (including phenoxy) is 1. The number of fused-ring (bicyclic) bond motifs is 1. The van der Waals surface area contributed by atoms with Crippen LogP contribution >= 0.6 is 15.9 Å². The maximum Gasteiger partial charge on any atom is 0.159 e. The van der Waals surface area contributed by atoms with Gasteiger partial charge in [0.25, 0.3) is 0 Å². The quantitative estimate of drug-likeness (QED) is 0.902. The molecule has 1 atom stereocenters. The zero-order valence-electron chi connectivity index (χ0n) is 10.4. The van der Waals surface area contributed by atoms with Crippen molar-refractivity contribution < 1.29 is 18.6 Å². The van der Waals surface area contributed by atoms with Crippen molar-refractivity contribution in [1.29, 1.82) is 0 Å². The van der Waals surface area contributed by atoms with Gasteiger partial charge in [0.05, 0.1) is 6.61 Å². The van der Waals surface area contributed by atoms with Crippen molar-refractivity contribution in [3.05, 3.63) is 63.1 Å². The Labute approximate surface area is 123 Å². The van der Waals surface area contributed by atoms with Crippen LogP contribution in [0.25, 0.3) is 0 Å². The topological polar surface area (TPSA) is 29.5 Å². The molecule has 0 saturated heterocycles. The molecule has 0 radical (unpaired) electrons. The van der Waals surface area contributed by atoms with Gasteiger partial charge in [0.1, 0.15) is 11.9 Å². The standard InChI is InChI=1S/C15H11BrF2O2/c16-10-5-9-3-4-20-15(9)11(7-10)14(19)8-1-2-12(17)13(18)6-8/h1-2,5-7,14,19H,3-4H2. The molecule has 5 heteroatoms. The predicted octanol–water partition coefficient (Wildman–Crippen LogP) is 3.74. The zero-order valence-corrected chi connectivity index (χ0v) is 12.0. The van der Waals surface area contributed by atoms with E-state index < -0.39 is 17.7 Å². The van der Waals surface area contributed by atoms with E-state index in [1.54, 1.807) is 6.07 Å². The van der Waals surface area contributed by atoms with Crippen LogP contribution in [-0.4, -0.2) is 11.7 Å². The molecule has 2 aromatic carbocycles. The van der Waals surface area contributed by atoms with Crippen molar-refractivity contribution in [2.75, 3.05) is 6.61 Å². The normalized spacial score (nSPS) is 14.8. The Kier molecular flexibility index (Phi) is 3.48. The third-order valence-electron chi connectivity index (χ3n) is 3.33. The van der Waals surface area contributed by atoms with Crippen LogP contribution in [0.1, 0.15) is 22.8 Å². The van der Waals surface area contributed by atoms with E-state index in [2.05, 4.69) is 15.9 Å². The summed E-state index contributed by atoms with van der Waals surface area (Å²) in [7, 11) is 0. The summed E-state index contributed by atoms with van der Waals surface area (Å²) in [5.74, 6) is -1.28. The molecule has 0 amide bonds. The fourth-order valence-electron chi connectivity index (χ4n) is 2.36. The van der Waals surface area contributed by atoms with Gasteiger partial charge in [0.2, 0.25) is 0 Å². The smallest absolute Gasteiger partial charge is 0.159 e. The number of benzene rings is 2. The van der Waals surface area contributed by atoms with Crippen molar-refractivity contribution in [2.24, 2.45) is 0 Å². The lowest BCUT2D eigenvalue weighted by Gasteiger charge is -2.16. The minimum Gasteiger partial charge on any atom is -0.493 e. The van der Waals surface area contributed by atoms with Crippen LogP contribution in [0.2, 0.25) is 0 Å². The Balaban J connectivity index is 2.06. The first kappa shape index (κ1) is 13.5. The predicted molar refractivity (Wildman–Crippen MR) is 73.8 cm³/mol. The number of halogens is 3. The van der Waals surface area contributed by atoms with E-state index in [0.29, 0.717) is 23.5 Å². The number of aliphatic hydroxyl groups is 1. The first-order valence-corrected chi connectivity index (χ1v) is 6.93. The average Bonchev–Trinajstić information content (AvgIpc) is 2.88. The molecular formula is C15H11BrF2O2. The second kappa shape index (κ2) is 5.14.